The molecule has 0 radical (unpaired) electrons. The lowest BCUT2D eigenvalue weighted by molar-refractivity contribution is 0.645. The van der Waals surface area contributed by atoms with Gasteiger partial charge in [-0.25, -0.2) is 4.98 Å². The number of hydrogen-bond donors (Lipinski definition) is 1. The van der Waals surface area contributed by atoms with Crippen LogP contribution in [-0.4, -0.2) is 22.6 Å². The standard InChI is InChI=1S/C16H22N4O/c1-2-11-19-13-10-18-15(16(19)21)20(12-6-9-17)14-7-4-3-5-8-14/h3-5,7-8,10,13H,2,6,9,11-12,17H2,1H3. The van der Waals surface area contributed by atoms with Gasteiger partial charge >= 0.3 is 0 Å². The highest BCUT2D eigenvalue weighted by molar-refractivity contribution is 5.58. The Hall–Kier alpha value is -2.14. The van der Waals surface area contributed by atoms with Gasteiger partial charge in [0.25, 0.3) is 5.56 Å². The zero-order chi connectivity index (χ0) is 15.1. The van der Waals surface area contributed by atoms with E-state index in [1.807, 2.05) is 35.2 Å². The van der Waals surface area contributed by atoms with Crippen molar-refractivity contribution in [3.63, 3.8) is 0 Å². The van der Waals surface area contributed by atoms with Gasteiger partial charge in [0.1, 0.15) is 0 Å². The highest BCUT2D eigenvalue weighted by Gasteiger charge is 2.15. The third-order valence-corrected chi connectivity index (χ3v) is 3.27. The molecule has 5 heteroatoms. The molecule has 21 heavy (non-hydrogen) atoms. The van der Waals surface area contributed by atoms with E-state index in [-0.39, 0.29) is 5.56 Å². The van der Waals surface area contributed by atoms with E-state index in [9.17, 15) is 4.79 Å². The van der Waals surface area contributed by atoms with Gasteiger partial charge in [0.15, 0.2) is 5.82 Å². The van der Waals surface area contributed by atoms with Gasteiger partial charge in [0, 0.05) is 31.2 Å². The number of rotatable bonds is 7. The first kappa shape index (κ1) is 15.3. The lowest BCUT2D eigenvalue weighted by atomic mass is 10.2. The molecular weight excluding hydrogens is 264 g/mol. The van der Waals surface area contributed by atoms with Crippen molar-refractivity contribution >= 4 is 11.5 Å². The van der Waals surface area contributed by atoms with Gasteiger partial charge in [-0.1, -0.05) is 25.1 Å². The molecule has 0 aliphatic carbocycles. The molecule has 5 nitrogen and oxygen atoms in total. The SMILES string of the molecule is CCCn1ccnc(N(CCCN)c2ccccc2)c1=O. The molecule has 2 aromatic rings. The van der Waals surface area contributed by atoms with E-state index in [0.717, 1.165) is 18.5 Å². The average Bonchev–Trinajstić information content (AvgIpc) is 2.52. The Kier molecular flexibility index (Phi) is 5.51. The Morgan fingerprint density at radius 1 is 1.29 bits per heavy atom. The van der Waals surface area contributed by atoms with Crippen molar-refractivity contribution in [2.24, 2.45) is 5.73 Å². The van der Waals surface area contributed by atoms with Gasteiger partial charge in [-0.3, -0.25) is 4.79 Å². The molecular formula is C16H22N4O. The maximum atomic E-state index is 12.6. The van der Waals surface area contributed by atoms with E-state index in [0.29, 0.717) is 25.5 Å². The van der Waals surface area contributed by atoms with Gasteiger partial charge < -0.3 is 15.2 Å². The van der Waals surface area contributed by atoms with Crippen molar-refractivity contribution < 1.29 is 0 Å². The number of aryl methyl sites for hydroxylation is 1. The summed E-state index contributed by atoms with van der Waals surface area (Å²) in [5, 5.41) is 0. The van der Waals surface area contributed by atoms with Crippen LogP contribution in [-0.2, 0) is 6.54 Å². The van der Waals surface area contributed by atoms with E-state index in [4.69, 9.17) is 5.73 Å². The third kappa shape index (κ3) is 3.70. The molecule has 0 amide bonds. The van der Waals surface area contributed by atoms with Crippen molar-refractivity contribution in [3.8, 4) is 0 Å². The Balaban J connectivity index is 2.42. The summed E-state index contributed by atoms with van der Waals surface area (Å²) in [5.41, 5.74) is 6.53. The lowest BCUT2D eigenvalue weighted by Crippen LogP contribution is -2.31. The van der Waals surface area contributed by atoms with Crippen LogP contribution in [0.1, 0.15) is 19.8 Å². The monoisotopic (exact) mass is 286 g/mol. The van der Waals surface area contributed by atoms with Crippen LogP contribution in [0, 0.1) is 0 Å². The molecule has 0 unspecified atom stereocenters. The van der Waals surface area contributed by atoms with E-state index in [1.165, 1.54) is 0 Å². The predicted octanol–water partition coefficient (Wildman–Crippen LogP) is 2.14. The second-order valence-electron chi connectivity index (χ2n) is 4.88. The fourth-order valence-electron chi connectivity index (χ4n) is 2.25. The first-order valence-electron chi connectivity index (χ1n) is 7.36. The first-order valence-corrected chi connectivity index (χ1v) is 7.36. The van der Waals surface area contributed by atoms with Gasteiger partial charge in [-0.15, -0.1) is 0 Å². The van der Waals surface area contributed by atoms with Crippen molar-refractivity contribution in [1.29, 1.82) is 0 Å². The number of nitrogens with two attached hydrogens (primary N) is 1. The quantitative estimate of drug-likeness (QED) is 0.847. The van der Waals surface area contributed by atoms with Crippen LogP contribution >= 0.6 is 0 Å². The fourth-order valence-corrected chi connectivity index (χ4v) is 2.25. The lowest BCUT2D eigenvalue weighted by Gasteiger charge is -2.23. The molecule has 0 bridgehead atoms. The zero-order valence-corrected chi connectivity index (χ0v) is 12.4. The van der Waals surface area contributed by atoms with Crippen LogP contribution in [0.15, 0.2) is 47.5 Å². The highest BCUT2D eigenvalue weighted by atomic mass is 16.1. The van der Waals surface area contributed by atoms with Gasteiger partial charge in [-0.2, -0.15) is 0 Å². The van der Waals surface area contributed by atoms with Crippen LogP contribution in [0.4, 0.5) is 11.5 Å². The van der Waals surface area contributed by atoms with E-state index in [1.54, 1.807) is 17.0 Å². The second kappa shape index (κ2) is 7.59. The fraction of sp³-hybridized carbons (Fsp3) is 0.375. The maximum Gasteiger partial charge on any atom is 0.293 e. The molecule has 1 aromatic carbocycles. The van der Waals surface area contributed by atoms with Gasteiger partial charge in [0.2, 0.25) is 0 Å². The second-order valence-corrected chi connectivity index (χ2v) is 4.88. The summed E-state index contributed by atoms with van der Waals surface area (Å²) in [6, 6.07) is 9.83. The maximum absolute atomic E-state index is 12.6. The molecule has 112 valence electrons. The molecule has 0 aliphatic rings. The zero-order valence-electron chi connectivity index (χ0n) is 12.4. The van der Waals surface area contributed by atoms with Gasteiger partial charge in [-0.05, 0) is 31.5 Å². The largest absolute Gasteiger partial charge is 0.330 e. The molecule has 2 N–H and O–H groups in total. The Labute approximate surface area is 125 Å². The highest BCUT2D eigenvalue weighted by Crippen LogP contribution is 2.20. The van der Waals surface area contributed by atoms with Crippen molar-refractivity contribution in [1.82, 2.24) is 9.55 Å². The predicted molar refractivity (Wildman–Crippen MR) is 85.9 cm³/mol. The Bertz CT molecular complexity index is 609. The van der Waals surface area contributed by atoms with Crippen LogP contribution in [0.5, 0.6) is 0 Å². The topological polar surface area (TPSA) is 64.2 Å². The van der Waals surface area contributed by atoms with E-state index < -0.39 is 0 Å². The molecule has 0 saturated carbocycles. The Morgan fingerprint density at radius 3 is 2.71 bits per heavy atom. The summed E-state index contributed by atoms with van der Waals surface area (Å²) in [5.74, 6) is 0.464. The summed E-state index contributed by atoms with van der Waals surface area (Å²) in [7, 11) is 0. The number of aromatic nitrogens is 2. The molecule has 0 aliphatic heterocycles. The normalized spacial score (nSPS) is 10.6. The first-order chi connectivity index (χ1) is 10.3. The van der Waals surface area contributed by atoms with Crippen LogP contribution in [0.25, 0.3) is 0 Å². The van der Waals surface area contributed by atoms with E-state index >= 15 is 0 Å². The van der Waals surface area contributed by atoms with Gasteiger partial charge in [0.05, 0.1) is 0 Å². The smallest absolute Gasteiger partial charge is 0.293 e. The van der Waals surface area contributed by atoms with Crippen LogP contribution < -0.4 is 16.2 Å². The van der Waals surface area contributed by atoms with Crippen molar-refractivity contribution in [3.05, 3.63) is 53.1 Å². The summed E-state index contributed by atoms with van der Waals surface area (Å²) < 4.78 is 1.71. The molecule has 0 fully saturated rings. The molecule has 1 heterocycles. The summed E-state index contributed by atoms with van der Waals surface area (Å²) in [4.78, 5) is 18.8. The van der Waals surface area contributed by atoms with Crippen molar-refractivity contribution in [2.75, 3.05) is 18.0 Å². The molecule has 0 saturated heterocycles. The minimum atomic E-state index is -0.0553. The van der Waals surface area contributed by atoms with Crippen LogP contribution in [0.2, 0.25) is 0 Å². The summed E-state index contributed by atoms with van der Waals surface area (Å²) in [6.45, 7) is 4.02. The van der Waals surface area contributed by atoms with Crippen molar-refractivity contribution in [2.45, 2.75) is 26.3 Å². The molecule has 0 atom stereocenters. The summed E-state index contributed by atoms with van der Waals surface area (Å²) in [6.07, 6.45) is 5.14. The molecule has 1 aromatic heterocycles. The number of nitrogens with zero attached hydrogens (tertiary/aromatic N) is 3. The number of para-hydroxylation sites is 1. The number of anilines is 2. The minimum Gasteiger partial charge on any atom is -0.330 e. The average molecular weight is 286 g/mol. The molecule has 2 rings (SSSR count). The number of hydrogen-bond acceptors (Lipinski definition) is 4. The van der Waals surface area contributed by atoms with E-state index in [2.05, 4.69) is 11.9 Å². The number of benzene rings is 1. The summed E-state index contributed by atoms with van der Waals surface area (Å²) >= 11 is 0. The third-order valence-electron chi connectivity index (χ3n) is 3.27. The van der Waals surface area contributed by atoms with Crippen LogP contribution in [0.3, 0.4) is 0 Å². The molecule has 0 spiro atoms. The minimum absolute atomic E-state index is 0.0553. The Morgan fingerprint density at radius 2 is 2.05 bits per heavy atom.